The van der Waals surface area contributed by atoms with Crippen molar-refractivity contribution in [2.75, 3.05) is 18.4 Å². The molecular formula is C19H20ClNO5S. The summed E-state index contributed by atoms with van der Waals surface area (Å²) in [7, 11) is -2.50. The largest absolute Gasteiger partial charge is 0.495 e. The molecule has 2 aromatic rings. The summed E-state index contributed by atoms with van der Waals surface area (Å²) >= 11 is 5.92. The second-order valence-electron chi connectivity index (χ2n) is 6.28. The summed E-state index contributed by atoms with van der Waals surface area (Å²) in [6.07, 6.45) is 1.47. The van der Waals surface area contributed by atoms with Crippen molar-refractivity contribution < 1.29 is 22.7 Å². The zero-order chi connectivity index (χ0) is 19.7. The van der Waals surface area contributed by atoms with E-state index in [4.69, 9.17) is 21.1 Å². The van der Waals surface area contributed by atoms with Gasteiger partial charge in [-0.15, -0.1) is 0 Å². The van der Waals surface area contributed by atoms with E-state index in [0.29, 0.717) is 12.3 Å². The van der Waals surface area contributed by atoms with Crippen molar-refractivity contribution in [1.82, 2.24) is 0 Å². The number of carbonyl (C=O) groups is 1. The second kappa shape index (κ2) is 7.40. The minimum absolute atomic E-state index is 0.0493. The standard InChI is InChI=1S/C19H20ClNO5S/c1-3-26-18(22)19(10-11-19)13-4-7-15(8-5-13)21-27(23,24)17-12-14(20)6-9-16(17)25-2/h4-9,12,21H,3,10-11H2,1-2H3. The number of rotatable bonds is 7. The van der Waals surface area contributed by atoms with Crippen LogP contribution in [0, 0.1) is 0 Å². The van der Waals surface area contributed by atoms with E-state index < -0.39 is 15.4 Å². The van der Waals surface area contributed by atoms with Gasteiger partial charge in [0.05, 0.1) is 19.1 Å². The number of benzene rings is 2. The van der Waals surface area contributed by atoms with Gasteiger partial charge < -0.3 is 9.47 Å². The van der Waals surface area contributed by atoms with Gasteiger partial charge in [0.1, 0.15) is 10.6 Å². The molecule has 0 heterocycles. The Balaban J connectivity index is 1.83. The van der Waals surface area contributed by atoms with Gasteiger partial charge in [-0.3, -0.25) is 9.52 Å². The predicted octanol–water partition coefficient (Wildman–Crippen LogP) is 3.74. The summed E-state index contributed by atoms with van der Waals surface area (Å²) in [6.45, 7) is 2.11. The molecule has 0 radical (unpaired) electrons. The molecule has 1 aliphatic carbocycles. The predicted molar refractivity (Wildman–Crippen MR) is 103 cm³/mol. The van der Waals surface area contributed by atoms with Crippen molar-refractivity contribution >= 4 is 33.3 Å². The van der Waals surface area contributed by atoms with Gasteiger partial charge in [0, 0.05) is 10.7 Å². The average Bonchev–Trinajstić information content (AvgIpc) is 3.44. The normalized spacial score (nSPS) is 15.1. The van der Waals surface area contributed by atoms with E-state index in [9.17, 15) is 13.2 Å². The first-order chi connectivity index (χ1) is 12.8. The highest BCUT2D eigenvalue weighted by atomic mass is 35.5. The molecule has 0 unspecified atom stereocenters. The SMILES string of the molecule is CCOC(=O)C1(c2ccc(NS(=O)(=O)c3cc(Cl)ccc3OC)cc2)CC1. The third-order valence-corrected chi connectivity index (χ3v) is 6.16. The summed E-state index contributed by atoms with van der Waals surface area (Å²) in [5.74, 6) is -0.0373. The van der Waals surface area contributed by atoms with Crippen LogP contribution in [0.4, 0.5) is 5.69 Å². The van der Waals surface area contributed by atoms with Crippen LogP contribution >= 0.6 is 11.6 Å². The van der Waals surface area contributed by atoms with Crippen LogP contribution in [0.15, 0.2) is 47.4 Å². The highest BCUT2D eigenvalue weighted by molar-refractivity contribution is 7.92. The molecule has 1 aliphatic rings. The lowest BCUT2D eigenvalue weighted by atomic mass is 9.96. The van der Waals surface area contributed by atoms with Crippen LogP contribution < -0.4 is 9.46 Å². The van der Waals surface area contributed by atoms with Gasteiger partial charge in [-0.25, -0.2) is 8.42 Å². The monoisotopic (exact) mass is 409 g/mol. The van der Waals surface area contributed by atoms with Crippen LogP contribution in [-0.4, -0.2) is 28.1 Å². The lowest BCUT2D eigenvalue weighted by Crippen LogP contribution is -2.23. The smallest absolute Gasteiger partial charge is 0.316 e. The van der Waals surface area contributed by atoms with E-state index in [-0.39, 0.29) is 21.6 Å². The number of carbonyl (C=O) groups excluding carboxylic acids is 1. The molecule has 1 saturated carbocycles. The van der Waals surface area contributed by atoms with Crippen LogP contribution in [0.2, 0.25) is 5.02 Å². The quantitative estimate of drug-likeness (QED) is 0.704. The number of halogens is 1. The van der Waals surface area contributed by atoms with E-state index in [1.54, 1.807) is 37.3 Å². The molecule has 3 rings (SSSR count). The van der Waals surface area contributed by atoms with E-state index in [1.807, 2.05) is 0 Å². The Morgan fingerprint density at radius 2 is 1.85 bits per heavy atom. The minimum atomic E-state index is -3.89. The van der Waals surface area contributed by atoms with Crippen LogP contribution in [0.25, 0.3) is 0 Å². The second-order valence-corrected chi connectivity index (χ2v) is 8.37. The number of methoxy groups -OCH3 is 1. The van der Waals surface area contributed by atoms with Gasteiger partial charge in [0.2, 0.25) is 0 Å². The Labute approximate surface area is 163 Å². The molecule has 27 heavy (non-hydrogen) atoms. The number of nitrogens with one attached hydrogen (secondary N) is 1. The van der Waals surface area contributed by atoms with E-state index in [0.717, 1.165) is 18.4 Å². The molecule has 144 valence electrons. The fourth-order valence-corrected chi connectivity index (χ4v) is 4.42. The molecule has 0 amide bonds. The van der Waals surface area contributed by atoms with E-state index in [1.165, 1.54) is 19.2 Å². The number of sulfonamides is 1. The van der Waals surface area contributed by atoms with Crippen LogP contribution in [0.3, 0.4) is 0 Å². The third kappa shape index (κ3) is 3.89. The molecule has 6 nitrogen and oxygen atoms in total. The minimum Gasteiger partial charge on any atom is -0.495 e. The lowest BCUT2D eigenvalue weighted by molar-refractivity contribution is -0.146. The topological polar surface area (TPSA) is 81.7 Å². The third-order valence-electron chi connectivity index (χ3n) is 4.52. The number of esters is 1. The van der Waals surface area contributed by atoms with Crippen molar-refractivity contribution in [3.8, 4) is 5.75 Å². The zero-order valence-corrected chi connectivity index (χ0v) is 16.6. The Morgan fingerprint density at radius 1 is 1.19 bits per heavy atom. The summed E-state index contributed by atoms with van der Waals surface area (Å²) < 4.78 is 38.2. The van der Waals surface area contributed by atoms with Gasteiger partial charge in [-0.1, -0.05) is 23.7 Å². The fourth-order valence-electron chi connectivity index (χ4n) is 2.93. The van der Waals surface area contributed by atoms with Crippen molar-refractivity contribution in [1.29, 1.82) is 0 Å². The summed E-state index contributed by atoms with van der Waals surface area (Å²) in [5, 5.41) is 0.289. The number of hydrogen-bond donors (Lipinski definition) is 1. The van der Waals surface area contributed by atoms with Crippen molar-refractivity contribution in [3.05, 3.63) is 53.1 Å². The summed E-state index contributed by atoms with van der Waals surface area (Å²) in [5.41, 5.74) is 0.605. The van der Waals surface area contributed by atoms with Crippen molar-refractivity contribution in [2.24, 2.45) is 0 Å². The van der Waals surface area contributed by atoms with E-state index in [2.05, 4.69) is 4.72 Å². The number of hydrogen-bond acceptors (Lipinski definition) is 5. The Kier molecular flexibility index (Phi) is 5.35. The first-order valence-electron chi connectivity index (χ1n) is 8.46. The molecule has 0 aliphatic heterocycles. The van der Waals surface area contributed by atoms with Gasteiger partial charge in [-0.05, 0) is 55.7 Å². The highest BCUT2D eigenvalue weighted by Gasteiger charge is 2.52. The highest BCUT2D eigenvalue weighted by Crippen LogP contribution is 2.49. The molecule has 2 aromatic carbocycles. The first kappa shape index (κ1) is 19.5. The Hall–Kier alpha value is -2.25. The molecule has 0 bridgehead atoms. The average molecular weight is 410 g/mol. The molecule has 8 heteroatoms. The maximum atomic E-state index is 12.7. The van der Waals surface area contributed by atoms with Gasteiger partial charge in [-0.2, -0.15) is 0 Å². The van der Waals surface area contributed by atoms with Crippen molar-refractivity contribution in [2.45, 2.75) is 30.1 Å². The van der Waals surface area contributed by atoms with Crippen LogP contribution in [-0.2, 0) is 25.0 Å². The number of ether oxygens (including phenoxy) is 2. The van der Waals surface area contributed by atoms with Gasteiger partial charge >= 0.3 is 5.97 Å². The molecular weight excluding hydrogens is 390 g/mol. The fraction of sp³-hybridized carbons (Fsp3) is 0.316. The maximum absolute atomic E-state index is 12.7. The molecule has 0 spiro atoms. The van der Waals surface area contributed by atoms with Crippen LogP contribution in [0.1, 0.15) is 25.3 Å². The summed E-state index contributed by atoms with van der Waals surface area (Å²) in [4.78, 5) is 12.1. The number of anilines is 1. The van der Waals surface area contributed by atoms with Gasteiger partial charge in [0.15, 0.2) is 0 Å². The Morgan fingerprint density at radius 3 is 2.41 bits per heavy atom. The lowest BCUT2D eigenvalue weighted by Gasteiger charge is -2.15. The maximum Gasteiger partial charge on any atom is 0.316 e. The van der Waals surface area contributed by atoms with Crippen molar-refractivity contribution in [3.63, 3.8) is 0 Å². The van der Waals surface area contributed by atoms with Crippen LogP contribution in [0.5, 0.6) is 5.75 Å². The molecule has 1 fully saturated rings. The molecule has 0 atom stereocenters. The zero-order valence-electron chi connectivity index (χ0n) is 15.0. The Bertz CT molecular complexity index is 953. The first-order valence-corrected chi connectivity index (χ1v) is 10.3. The molecule has 0 aromatic heterocycles. The molecule has 0 saturated heterocycles. The van der Waals surface area contributed by atoms with Gasteiger partial charge in [0.25, 0.3) is 10.0 Å². The van der Waals surface area contributed by atoms with E-state index >= 15 is 0 Å². The molecule has 1 N–H and O–H groups in total. The summed E-state index contributed by atoms with van der Waals surface area (Å²) in [6, 6.07) is 11.1.